The van der Waals surface area contributed by atoms with E-state index in [-0.39, 0.29) is 0 Å². The van der Waals surface area contributed by atoms with Crippen LogP contribution in [0.5, 0.6) is 0 Å². The van der Waals surface area contributed by atoms with Gasteiger partial charge in [0.1, 0.15) is 0 Å². The number of benzene rings is 1. The molecule has 4 heteroatoms. The summed E-state index contributed by atoms with van der Waals surface area (Å²) in [5.74, 6) is 0.291. The molecule has 1 aromatic rings. The zero-order chi connectivity index (χ0) is 13.7. The van der Waals surface area contributed by atoms with Crippen molar-refractivity contribution in [3.05, 3.63) is 35.4 Å². The summed E-state index contributed by atoms with van der Waals surface area (Å²) in [6.45, 7) is 3.50. The molecule has 1 aromatic carbocycles. The molecule has 0 bridgehead atoms. The first-order valence-electron chi connectivity index (χ1n) is 6.95. The summed E-state index contributed by atoms with van der Waals surface area (Å²) in [6, 6.07) is 9.09. The molecule has 0 aliphatic heterocycles. The molecule has 0 atom stereocenters. The number of nitrogens with two attached hydrogens (primary N) is 1. The molecule has 0 unspecified atom stereocenters. The molecule has 0 heterocycles. The maximum Gasteiger partial charge on any atom is 0.153 e. The van der Waals surface area contributed by atoms with Gasteiger partial charge in [-0.3, -0.25) is 4.90 Å². The Labute approximate surface area is 114 Å². The lowest BCUT2D eigenvalue weighted by molar-refractivity contribution is 0.214. The topological polar surface area (TPSA) is 61.8 Å². The molecule has 19 heavy (non-hydrogen) atoms. The molecule has 0 aromatic heterocycles. The molecule has 104 valence electrons. The minimum Gasteiger partial charge on any atom is -0.409 e. The Morgan fingerprint density at radius 2 is 2.16 bits per heavy atom. The van der Waals surface area contributed by atoms with Gasteiger partial charge in [0.05, 0.1) is 6.54 Å². The van der Waals surface area contributed by atoms with Crippen LogP contribution in [0, 0.1) is 6.92 Å². The second-order valence-electron chi connectivity index (χ2n) is 5.42. The molecule has 0 radical (unpaired) electrons. The van der Waals surface area contributed by atoms with E-state index in [0.717, 1.165) is 6.54 Å². The van der Waals surface area contributed by atoms with Crippen LogP contribution in [0.2, 0.25) is 0 Å². The van der Waals surface area contributed by atoms with Crippen LogP contribution in [0.1, 0.15) is 36.8 Å². The van der Waals surface area contributed by atoms with E-state index in [4.69, 9.17) is 10.9 Å². The van der Waals surface area contributed by atoms with Crippen molar-refractivity contribution < 1.29 is 5.21 Å². The SMILES string of the molecule is Cc1cccc(CN(CC(N)=NO)C2CCCC2)c1. The van der Waals surface area contributed by atoms with Gasteiger partial charge in [-0.2, -0.15) is 0 Å². The maximum absolute atomic E-state index is 8.77. The zero-order valence-corrected chi connectivity index (χ0v) is 11.5. The van der Waals surface area contributed by atoms with E-state index in [1.165, 1.54) is 36.8 Å². The molecule has 1 saturated carbocycles. The van der Waals surface area contributed by atoms with Gasteiger partial charge < -0.3 is 10.9 Å². The van der Waals surface area contributed by atoms with Crippen LogP contribution >= 0.6 is 0 Å². The third-order valence-corrected chi connectivity index (χ3v) is 3.80. The molecule has 1 fully saturated rings. The Bertz CT molecular complexity index is 439. The Kier molecular flexibility index (Phi) is 4.80. The molecular formula is C15H23N3O. The van der Waals surface area contributed by atoms with Crippen LogP contribution in [-0.2, 0) is 6.54 Å². The first-order valence-corrected chi connectivity index (χ1v) is 6.95. The molecule has 2 rings (SSSR count). The molecule has 0 spiro atoms. The van der Waals surface area contributed by atoms with Crippen molar-refractivity contribution in [2.75, 3.05) is 6.54 Å². The standard InChI is InChI=1S/C15H23N3O/c1-12-5-4-6-13(9-12)10-18(11-15(16)17-19)14-7-2-3-8-14/h4-6,9,14,19H,2-3,7-8,10-11H2,1H3,(H2,16,17). The van der Waals surface area contributed by atoms with Crippen molar-refractivity contribution in [1.29, 1.82) is 0 Å². The Morgan fingerprint density at radius 3 is 2.79 bits per heavy atom. The van der Waals surface area contributed by atoms with Gasteiger partial charge in [-0.15, -0.1) is 0 Å². The van der Waals surface area contributed by atoms with Crippen molar-refractivity contribution in [2.45, 2.75) is 45.2 Å². The van der Waals surface area contributed by atoms with E-state index in [1.807, 2.05) is 0 Å². The number of aryl methyl sites for hydroxylation is 1. The van der Waals surface area contributed by atoms with Crippen LogP contribution in [0.15, 0.2) is 29.4 Å². The van der Waals surface area contributed by atoms with Gasteiger partial charge >= 0.3 is 0 Å². The number of amidine groups is 1. The van der Waals surface area contributed by atoms with Gasteiger partial charge in [0.25, 0.3) is 0 Å². The highest BCUT2D eigenvalue weighted by molar-refractivity contribution is 5.81. The van der Waals surface area contributed by atoms with Crippen molar-refractivity contribution in [3.8, 4) is 0 Å². The van der Waals surface area contributed by atoms with Crippen molar-refractivity contribution in [1.82, 2.24) is 4.90 Å². The highest BCUT2D eigenvalue weighted by atomic mass is 16.4. The second-order valence-corrected chi connectivity index (χ2v) is 5.42. The molecule has 4 nitrogen and oxygen atoms in total. The van der Waals surface area contributed by atoms with Gasteiger partial charge in [-0.1, -0.05) is 47.8 Å². The fourth-order valence-corrected chi connectivity index (χ4v) is 2.87. The van der Waals surface area contributed by atoms with Gasteiger partial charge in [-0.05, 0) is 25.3 Å². The third-order valence-electron chi connectivity index (χ3n) is 3.80. The van der Waals surface area contributed by atoms with E-state index < -0.39 is 0 Å². The maximum atomic E-state index is 8.77. The van der Waals surface area contributed by atoms with Crippen LogP contribution in [-0.4, -0.2) is 28.5 Å². The minimum atomic E-state index is 0.291. The minimum absolute atomic E-state index is 0.291. The summed E-state index contributed by atoms with van der Waals surface area (Å²) in [5.41, 5.74) is 8.24. The Hall–Kier alpha value is -1.55. The summed E-state index contributed by atoms with van der Waals surface area (Å²) in [7, 11) is 0. The predicted octanol–water partition coefficient (Wildman–Crippen LogP) is 2.49. The van der Waals surface area contributed by atoms with E-state index in [2.05, 4.69) is 41.2 Å². The van der Waals surface area contributed by atoms with Crippen LogP contribution in [0.4, 0.5) is 0 Å². The van der Waals surface area contributed by atoms with E-state index in [9.17, 15) is 0 Å². The summed E-state index contributed by atoms with van der Waals surface area (Å²) in [5, 5.41) is 11.9. The average Bonchev–Trinajstić information content (AvgIpc) is 2.91. The van der Waals surface area contributed by atoms with Gasteiger partial charge in [0.2, 0.25) is 0 Å². The molecule has 1 aliphatic carbocycles. The van der Waals surface area contributed by atoms with Crippen molar-refractivity contribution >= 4 is 5.84 Å². The second kappa shape index (κ2) is 6.57. The summed E-state index contributed by atoms with van der Waals surface area (Å²) in [6.07, 6.45) is 4.99. The first kappa shape index (κ1) is 13.9. The predicted molar refractivity (Wildman–Crippen MR) is 77.3 cm³/mol. The van der Waals surface area contributed by atoms with Crippen LogP contribution in [0.25, 0.3) is 0 Å². The van der Waals surface area contributed by atoms with Gasteiger partial charge in [0, 0.05) is 12.6 Å². The molecule has 1 aliphatic rings. The monoisotopic (exact) mass is 261 g/mol. The van der Waals surface area contributed by atoms with Gasteiger partial charge in [-0.25, -0.2) is 0 Å². The lowest BCUT2D eigenvalue weighted by Gasteiger charge is -2.28. The number of rotatable bonds is 5. The normalized spacial score (nSPS) is 17.3. The Morgan fingerprint density at radius 1 is 1.42 bits per heavy atom. The van der Waals surface area contributed by atoms with Crippen molar-refractivity contribution in [2.24, 2.45) is 10.9 Å². The van der Waals surface area contributed by atoms with Gasteiger partial charge in [0.15, 0.2) is 5.84 Å². The van der Waals surface area contributed by atoms with Crippen LogP contribution in [0.3, 0.4) is 0 Å². The third kappa shape index (κ3) is 3.96. The summed E-state index contributed by atoms with van der Waals surface area (Å²) < 4.78 is 0. The van der Waals surface area contributed by atoms with E-state index in [1.54, 1.807) is 0 Å². The molecular weight excluding hydrogens is 238 g/mol. The first-order chi connectivity index (χ1) is 9.19. The summed E-state index contributed by atoms with van der Waals surface area (Å²) in [4.78, 5) is 2.33. The fraction of sp³-hybridized carbons (Fsp3) is 0.533. The smallest absolute Gasteiger partial charge is 0.153 e. The number of nitrogens with zero attached hydrogens (tertiary/aromatic N) is 2. The lowest BCUT2D eigenvalue weighted by Crippen LogP contribution is -2.39. The lowest BCUT2D eigenvalue weighted by atomic mass is 10.1. The molecule has 0 amide bonds. The number of oxime groups is 1. The highest BCUT2D eigenvalue weighted by Crippen LogP contribution is 2.24. The Balaban J connectivity index is 2.08. The zero-order valence-electron chi connectivity index (χ0n) is 11.5. The van der Waals surface area contributed by atoms with Crippen molar-refractivity contribution in [3.63, 3.8) is 0 Å². The molecule has 0 saturated heterocycles. The summed E-state index contributed by atoms with van der Waals surface area (Å²) >= 11 is 0. The van der Waals surface area contributed by atoms with Crippen LogP contribution < -0.4 is 5.73 Å². The quantitative estimate of drug-likeness (QED) is 0.370. The fourth-order valence-electron chi connectivity index (χ4n) is 2.87. The van der Waals surface area contributed by atoms with E-state index >= 15 is 0 Å². The average molecular weight is 261 g/mol. The molecule has 3 N–H and O–H groups in total. The number of hydrogen-bond donors (Lipinski definition) is 2. The number of hydrogen-bond acceptors (Lipinski definition) is 3. The largest absolute Gasteiger partial charge is 0.409 e. The van der Waals surface area contributed by atoms with E-state index in [0.29, 0.717) is 18.4 Å². The highest BCUT2D eigenvalue weighted by Gasteiger charge is 2.23.